The van der Waals surface area contributed by atoms with E-state index in [1.54, 1.807) is 7.11 Å². The van der Waals surface area contributed by atoms with Crippen molar-refractivity contribution in [2.24, 2.45) is 5.73 Å². The van der Waals surface area contributed by atoms with E-state index < -0.39 is 0 Å². The predicted molar refractivity (Wildman–Crippen MR) is 89.1 cm³/mol. The van der Waals surface area contributed by atoms with Crippen LogP contribution in [0, 0.1) is 5.41 Å². The molecule has 0 aromatic heterocycles. The van der Waals surface area contributed by atoms with E-state index in [1.807, 2.05) is 12.1 Å². The highest BCUT2D eigenvalue weighted by atomic mass is 16.5. The fraction of sp³-hybridized carbons (Fsp3) is 0.588. The van der Waals surface area contributed by atoms with Gasteiger partial charge in [-0.3, -0.25) is 10.3 Å². The normalized spacial score (nSPS) is 10.9. The lowest BCUT2D eigenvalue weighted by molar-refractivity contribution is 0.257. The summed E-state index contributed by atoms with van der Waals surface area (Å²) in [5, 5.41) is 7.66. The molecule has 0 fully saturated rings. The maximum Gasteiger partial charge on any atom is 0.129 e. The summed E-state index contributed by atoms with van der Waals surface area (Å²) in [6.07, 6.45) is 4.87. The van der Waals surface area contributed by atoms with E-state index >= 15 is 0 Å². The number of hydrogen-bond acceptors (Lipinski definition) is 3. The highest BCUT2D eigenvalue weighted by molar-refractivity contribution is 5.97. The van der Waals surface area contributed by atoms with Gasteiger partial charge in [-0.1, -0.05) is 32.8 Å². The van der Waals surface area contributed by atoms with Crippen LogP contribution < -0.4 is 10.5 Å². The minimum Gasteiger partial charge on any atom is -0.496 e. The van der Waals surface area contributed by atoms with Crippen molar-refractivity contribution in [1.82, 2.24) is 4.90 Å². The summed E-state index contributed by atoms with van der Waals surface area (Å²) >= 11 is 0. The van der Waals surface area contributed by atoms with Gasteiger partial charge in [0, 0.05) is 6.54 Å². The molecule has 0 radical (unpaired) electrons. The molecule has 0 aliphatic carbocycles. The molecule has 0 saturated carbocycles. The molecule has 4 heteroatoms. The molecule has 1 aromatic rings. The molecule has 0 bridgehead atoms. The van der Waals surface area contributed by atoms with Crippen LogP contribution in [-0.2, 0) is 6.54 Å². The molecule has 0 aliphatic heterocycles. The summed E-state index contributed by atoms with van der Waals surface area (Å²) in [6, 6.07) is 5.95. The van der Waals surface area contributed by atoms with Gasteiger partial charge in [-0.05, 0) is 43.6 Å². The molecule has 21 heavy (non-hydrogen) atoms. The number of nitrogens with two attached hydrogens (primary N) is 1. The van der Waals surface area contributed by atoms with Gasteiger partial charge in [-0.25, -0.2) is 0 Å². The Labute approximate surface area is 128 Å². The Bertz CT molecular complexity index is 438. The van der Waals surface area contributed by atoms with E-state index in [9.17, 15) is 0 Å². The van der Waals surface area contributed by atoms with Crippen LogP contribution >= 0.6 is 0 Å². The predicted octanol–water partition coefficient (Wildman–Crippen LogP) is 3.38. The first-order valence-electron chi connectivity index (χ1n) is 7.86. The first kappa shape index (κ1) is 17.5. The first-order chi connectivity index (χ1) is 10.1. The van der Waals surface area contributed by atoms with Crippen molar-refractivity contribution in [3.05, 3.63) is 29.3 Å². The summed E-state index contributed by atoms with van der Waals surface area (Å²) in [5.41, 5.74) is 7.51. The fourth-order valence-corrected chi connectivity index (χ4v) is 2.36. The zero-order valence-corrected chi connectivity index (χ0v) is 13.6. The molecule has 1 aromatic carbocycles. The SMILES string of the molecule is CCCCN(CCCC)Cc1ccc(OC)c(C(=N)N)c1. The van der Waals surface area contributed by atoms with Crippen molar-refractivity contribution >= 4 is 5.84 Å². The van der Waals surface area contributed by atoms with Gasteiger partial charge in [0.05, 0.1) is 12.7 Å². The summed E-state index contributed by atoms with van der Waals surface area (Å²) in [4.78, 5) is 2.48. The molecule has 3 N–H and O–H groups in total. The molecular weight excluding hydrogens is 262 g/mol. The maximum atomic E-state index is 7.66. The average molecular weight is 291 g/mol. The lowest BCUT2D eigenvalue weighted by Gasteiger charge is -2.22. The van der Waals surface area contributed by atoms with Gasteiger partial charge < -0.3 is 10.5 Å². The topological polar surface area (TPSA) is 62.3 Å². The third-order valence-electron chi connectivity index (χ3n) is 3.62. The summed E-state index contributed by atoms with van der Waals surface area (Å²) in [6.45, 7) is 7.60. The minimum absolute atomic E-state index is 0.0577. The number of nitrogens with zero attached hydrogens (tertiary/aromatic N) is 1. The molecule has 4 nitrogen and oxygen atoms in total. The minimum atomic E-state index is 0.0577. The zero-order chi connectivity index (χ0) is 15.7. The maximum absolute atomic E-state index is 7.66. The Morgan fingerprint density at radius 3 is 2.29 bits per heavy atom. The highest BCUT2D eigenvalue weighted by Gasteiger charge is 2.10. The largest absolute Gasteiger partial charge is 0.496 e. The van der Waals surface area contributed by atoms with Gasteiger partial charge in [0.25, 0.3) is 0 Å². The number of nitrogen functional groups attached to an aromatic ring is 1. The molecule has 0 spiro atoms. The van der Waals surface area contributed by atoms with Crippen LogP contribution in [0.25, 0.3) is 0 Å². The molecule has 1 rings (SSSR count). The Morgan fingerprint density at radius 1 is 1.19 bits per heavy atom. The highest BCUT2D eigenvalue weighted by Crippen LogP contribution is 2.20. The van der Waals surface area contributed by atoms with Gasteiger partial charge in [0.2, 0.25) is 0 Å². The molecule has 0 amide bonds. The third kappa shape index (κ3) is 5.76. The lowest BCUT2D eigenvalue weighted by atomic mass is 10.1. The van der Waals surface area contributed by atoms with Crippen molar-refractivity contribution in [2.75, 3.05) is 20.2 Å². The molecule has 0 aliphatic rings. The van der Waals surface area contributed by atoms with E-state index in [1.165, 1.54) is 31.2 Å². The van der Waals surface area contributed by atoms with Gasteiger partial charge in [-0.2, -0.15) is 0 Å². The van der Waals surface area contributed by atoms with Crippen molar-refractivity contribution < 1.29 is 4.74 Å². The number of hydrogen-bond donors (Lipinski definition) is 2. The van der Waals surface area contributed by atoms with Crippen LogP contribution in [0.5, 0.6) is 5.75 Å². The van der Waals surface area contributed by atoms with Gasteiger partial charge in [-0.15, -0.1) is 0 Å². The summed E-state index contributed by atoms with van der Waals surface area (Å²) in [7, 11) is 1.61. The van der Waals surface area contributed by atoms with Crippen LogP contribution in [0.2, 0.25) is 0 Å². The van der Waals surface area contributed by atoms with E-state index in [2.05, 4.69) is 24.8 Å². The average Bonchev–Trinajstić information content (AvgIpc) is 2.49. The van der Waals surface area contributed by atoms with E-state index in [0.29, 0.717) is 11.3 Å². The summed E-state index contributed by atoms with van der Waals surface area (Å²) in [5.74, 6) is 0.724. The molecule has 118 valence electrons. The van der Waals surface area contributed by atoms with Crippen LogP contribution in [0.15, 0.2) is 18.2 Å². The smallest absolute Gasteiger partial charge is 0.129 e. The standard InChI is InChI=1S/C17H29N3O/c1-4-6-10-20(11-7-5-2)13-14-8-9-16(21-3)15(12-14)17(18)19/h8-9,12H,4-7,10-11,13H2,1-3H3,(H3,18,19). The zero-order valence-electron chi connectivity index (χ0n) is 13.6. The van der Waals surface area contributed by atoms with Crippen LogP contribution in [0.1, 0.15) is 50.7 Å². The van der Waals surface area contributed by atoms with Crippen molar-refractivity contribution in [3.63, 3.8) is 0 Å². The second-order valence-corrected chi connectivity index (χ2v) is 5.43. The molecule has 0 unspecified atom stereocenters. The van der Waals surface area contributed by atoms with Gasteiger partial charge in [0.15, 0.2) is 0 Å². The number of amidine groups is 1. The van der Waals surface area contributed by atoms with Crippen LogP contribution in [0.4, 0.5) is 0 Å². The second-order valence-electron chi connectivity index (χ2n) is 5.43. The van der Waals surface area contributed by atoms with Crippen molar-refractivity contribution in [1.29, 1.82) is 5.41 Å². The first-order valence-corrected chi connectivity index (χ1v) is 7.86. The van der Waals surface area contributed by atoms with Gasteiger partial charge in [0.1, 0.15) is 11.6 Å². The van der Waals surface area contributed by atoms with E-state index in [4.69, 9.17) is 15.9 Å². The summed E-state index contributed by atoms with van der Waals surface area (Å²) < 4.78 is 5.26. The van der Waals surface area contributed by atoms with Gasteiger partial charge >= 0.3 is 0 Å². The Hall–Kier alpha value is -1.55. The third-order valence-corrected chi connectivity index (χ3v) is 3.62. The Kier molecular flexibility index (Phi) is 7.83. The fourth-order valence-electron chi connectivity index (χ4n) is 2.36. The number of ether oxygens (including phenoxy) is 1. The monoisotopic (exact) mass is 291 g/mol. The molecular formula is C17H29N3O. The molecule has 0 atom stereocenters. The quantitative estimate of drug-likeness (QED) is 0.513. The Morgan fingerprint density at radius 2 is 1.81 bits per heavy atom. The number of rotatable bonds is 10. The number of benzene rings is 1. The van der Waals surface area contributed by atoms with E-state index in [-0.39, 0.29) is 5.84 Å². The van der Waals surface area contributed by atoms with Crippen LogP contribution in [-0.4, -0.2) is 30.9 Å². The van der Waals surface area contributed by atoms with Crippen LogP contribution in [0.3, 0.4) is 0 Å². The second kappa shape index (κ2) is 9.40. The lowest BCUT2D eigenvalue weighted by Crippen LogP contribution is -2.26. The number of nitrogens with one attached hydrogen (secondary N) is 1. The van der Waals surface area contributed by atoms with Crippen molar-refractivity contribution in [2.45, 2.75) is 46.1 Å². The molecule has 0 saturated heterocycles. The van der Waals surface area contributed by atoms with Crippen molar-refractivity contribution in [3.8, 4) is 5.75 Å². The number of methoxy groups -OCH3 is 1. The molecule has 0 heterocycles. The Balaban J connectivity index is 2.82. The number of unbranched alkanes of at least 4 members (excludes halogenated alkanes) is 2. The van der Waals surface area contributed by atoms with E-state index in [0.717, 1.165) is 19.6 Å².